The van der Waals surface area contributed by atoms with Crippen LogP contribution in [-0.2, 0) is 15.3 Å². The Morgan fingerprint density at radius 1 is 1.44 bits per heavy atom. The Hall–Kier alpha value is -2.40. The lowest BCUT2D eigenvalue weighted by Crippen LogP contribution is -2.59. The molecule has 2 N–H and O–H groups in total. The van der Waals surface area contributed by atoms with Crippen LogP contribution in [0.3, 0.4) is 0 Å². The quantitative estimate of drug-likeness (QED) is 0.721. The van der Waals surface area contributed by atoms with Crippen molar-refractivity contribution in [2.45, 2.75) is 42.9 Å². The second kappa shape index (κ2) is 6.64. The maximum Gasteiger partial charge on any atom is 0.410 e. The van der Waals surface area contributed by atoms with Gasteiger partial charge in [0.05, 0.1) is 15.5 Å². The maximum absolute atomic E-state index is 14.7. The molecule has 1 aromatic carbocycles. The van der Waals surface area contributed by atoms with E-state index in [1.807, 2.05) is 0 Å². The summed E-state index contributed by atoms with van der Waals surface area (Å²) in [6, 6.07) is 4.23. The third-order valence-corrected chi connectivity index (χ3v) is 8.89. The van der Waals surface area contributed by atoms with Crippen molar-refractivity contribution in [2.75, 3.05) is 12.8 Å². The molecule has 144 valence electrons. The van der Waals surface area contributed by atoms with Crippen LogP contribution in [0.25, 0.3) is 0 Å². The molecule has 27 heavy (non-hydrogen) atoms. The summed E-state index contributed by atoms with van der Waals surface area (Å²) in [6.07, 6.45) is 6.83. The molecule has 0 saturated heterocycles. The van der Waals surface area contributed by atoms with Gasteiger partial charge in [-0.05, 0) is 38.0 Å². The van der Waals surface area contributed by atoms with Gasteiger partial charge in [-0.25, -0.2) is 17.8 Å². The van der Waals surface area contributed by atoms with E-state index in [9.17, 15) is 18.5 Å². The minimum absolute atomic E-state index is 0.00619. The molecule has 3 rings (SSSR count). The fourth-order valence-electron chi connectivity index (χ4n) is 4.20. The van der Waals surface area contributed by atoms with Crippen molar-refractivity contribution < 1.29 is 18.5 Å². The van der Waals surface area contributed by atoms with E-state index in [0.29, 0.717) is 18.4 Å². The summed E-state index contributed by atoms with van der Waals surface area (Å²) in [6.45, 7) is 1.64. The predicted molar refractivity (Wildman–Crippen MR) is 103 cm³/mol. The van der Waals surface area contributed by atoms with Crippen LogP contribution in [0.1, 0.15) is 43.7 Å². The van der Waals surface area contributed by atoms with Crippen molar-refractivity contribution in [1.29, 1.82) is 0 Å². The summed E-state index contributed by atoms with van der Waals surface area (Å²) in [5, 5.41) is 11.7. The van der Waals surface area contributed by atoms with E-state index in [4.69, 9.17) is 6.42 Å². The SMILES string of the molecule is C#Cc1ccc(F)c([C@]2(C)C[S@@](=O)(=NC)C3(CCCC3)C(NC(=O)O)=N2)c1. The van der Waals surface area contributed by atoms with Crippen LogP contribution in [-0.4, -0.2) is 38.8 Å². The molecule has 0 unspecified atom stereocenters. The van der Waals surface area contributed by atoms with Crippen LogP contribution < -0.4 is 5.32 Å². The first-order valence-electron chi connectivity index (χ1n) is 8.69. The van der Waals surface area contributed by atoms with Gasteiger partial charge >= 0.3 is 6.09 Å². The van der Waals surface area contributed by atoms with Gasteiger partial charge < -0.3 is 5.11 Å². The average Bonchev–Trinajstić information content (AvgIpc) is 3.11. The van der Waals surface area contributed by atoms with Gasteiger partial charge in [0.1, 0.15) is 21.9 Å². The molecule has 0 bridgehead atoms. The molecular formula is C19H22FN3O3S. The van der Waals surface area contributed by atoms with E-state index in [2.05, 4.69) is 20.6 Å². The lowest BCUT2D eigenvalue weighted by Gasteiger charge is -2.43. The second-order valence-electron chi connectivity index (χ2n) is 7.17. The number of aliphatic imine (C=N–C) groups is 1. The summed E-state index contributed by atoms with van der Waals surface area (Å²) < 4.78 is 31.9. The number of amidine groups is 1. The van der Waals surface area contributed by atoms with Crippen LogP contribution in [0.15, 0.2) is 27.6 Å². The number of carboxylic acid groups (broad SMARTS) is 1. The molecule has 1 amide bonds. The van der Waals surface area contributed by atoms with Gasteiger partial charge in [0.15, 0.2) is 0 Å². The highest BCUT2D eigenvalue weighted by molar-refractivity contribution is 7.95. The largest absolute Gasteiger partial charge is 0.465 e. The summed E-state index contributed by atoms with van der Waals surface area (Å²) >= 11 is 0. The van der Waals surface area contributed by atoms with E-state index in [-0.39, 0.29) is 17.2 Å². The molecule has 6 nitrogen and oxygen atoms in total. The van der Waals surface area contributed by atoms with Gasteiger partial charge in [-0.2, -0.15) is 0 Å². The maximum atomic E-state index is 14.7. The number of nitrogens with zero attached hydrogens (tertiary/aromatic N) is 2. The topological polar surface area (TPSA) is 91.1 Å². The Morgan fingerprint density at radius 3 is 2.67 bits per heavy atom. The summed E-state index contributed by atoms with van der Waals surface area (Å²) in [5.74, 6) is 2.05. The van der Waals surface area contributed by atoms with E-state index < -0.39 is 31.9 Å². The van der Waals surface area contributed by atoms with Crippen molar-refractivity contribution in [3.05, 3.63) is 35.1 Å². The number of halogens is 1. The second-order valence-corrected chi connectivity index (χ2v) is 9.89. The number of amides is 1. The molecule has 1 fully saturated rings. The number of hydrogen-bond donors (Lipinski definition) is 2. The van der Waals surface area contributed by atoms with Gasteiger partial charge in [-0.15, -0.1) is 6.42 Å². The standard InChI is InChI=1S/C19H22FN3O3S/c1-4-13-7-8-15(20)14(11-13)18(2)12-27(26,21-3)19(9-5-6-10-19)16(23-18)22-17(24)25/h1,7-8,11H,5-6,9-10,12H2,2-3H3,(H,22,23)(H,24,25)/t18-,27-/m0/s1. The highest BCUT2D eigenvalue weighted by atomic mass is 32.2. The van der Waals surface area contributed by atoms with Crippen molar-refractivity contribution in [1.82, 2.24) is 5.32 Å². The molecule has 1 saturated carbocycles. The zero-order valence-electron chi connectivity index (χ0n) is 15.3. The smallest absolute Gasteiger partial charge is 0.410 e. The monoisotopic (exact) mass is 391 g/mol. The van der Waals surface area contributed by atoms with Gasteiger partial charge in [-0.3, -0.25) is 10.3 Å². The van der Waals surface area contributed by atoms with E-state index in [0.717, 1.165) is 12.8 Å². The Balaban J connectivity index is 2.28. The molecule has 1 aliphatic carbocycles. The third-order valence-electron chi connectivity index (χ3n) is 5.52. The highest BCUT2D eigenvalue weighted by Gasteiger charge is 2.55. The first kappa shape index (κ1) is 19.4. The number of carbonyl (C=O) groups is 1. The summed E-state index contributed by atoms with van der Waals surface area (Å²) in [4.78, 5) is 16.0. The Morgan fingerprint density at radius 2 is 2.11 bits per heavy atom. The van der Waals surface area contributed by atoms with Crippen molar-refractivity contribution >= 4 is 21.7 Å². The number of benzene rings is 1. The number of rotatable bonds is 1. The average molecular weight is 391 g/mol. The van der Waals surface area contributed by atoms with E-state index in [1.165, 1.54) is 25.2 Å². The van der Waals surface area contributed by atoms with Crippen LogP contribution in [0, 0.1) is 18.2 Å². The van der Waals surface area contributed by atoms with Gasteiger partial charge in [0.25, 0.3) is 0 Å². The van der Waals surface area contributed by atoms with Gasteiger partial charge in [-0.1, -0.05) is 18.8 Å². The van der Waals surface area contributed by atoms with Crippen molar-refractivity contribution in [2.24, 2.45) is 9.36 Å². The van der Waals surface area contributed by atoms with E-state index >= 15 is 0 Å². The van der Waals surface area contributed by atoms with Crippen LogP contribution in [0.5, 0.6) is 0 Å². The van der Waals surface area contributed by atoms with Crippen molar-refractivity contribution in [3.8, 4) is 12.3 Å². The number of terminal acetylenes is 1. The Kier molecular flexibility index (Phi) is 4.76. The first-order chi connectivity index (χ1) is 12.7. The molecule has 8 heteroatoms. The number of nitrogens with one attached hydrogen (secondary N) is 1. The Bertz CT molecular complexity index is 982. The molecule has 2 aliphatic rings. The fraction of sp³-hybridized carbons (Fsp3) is 0.474. The molecule has 1 aromatic rings. The van der Waals surface area contributed by atoms with Gasteiger partial charge in [0.2, 0.25) is 0 Å². The molecule has 0 radical (unpaired) electrons. The van der Waals surface area contributed by atoms with Crippen LogP contribution in [0.2, 0.25) is 0 Å². The minimum Gasteiger partial charge on any atom is -0.465 e. The molecule has 0 aromatic heterocycles. The van der Waals surface area contributed by atoms with Crippen molar-refractivity contribution in [3.63, 3.8) is 0 Å². The molecule has 1 spiro atoms. The Labute approximate surface area is 158 Å². The summed E-state index contributed by atoms with van der Waals surface area (Å²) in [7, 11) is -1.43. The lowest BCUT2D eigenvalue weighted by atomic mass is 9.91. The van der Waals surface area contributed by atoms with Gasteiger partial charge in [0, 0.05) is 18.2 Å². The summed E-state index contributed by atoms with van der Waals surface area (Å²) in [5.41, 5.74) is -0.595. The van der Waals surface area contributed by atoms with E-state index in [1.54, 1.807) is 6.92 Å². The molecule has 1 heterocycles. The minimum atomic E-state index is -2.91. The van der Waals surface area contributed by atoms with Crippen LogP contribution >= 0.6 is 0 Å². The zero-order chi connectivity index (χ0) is 19.9. The number of hydrogen-bond acceptors (Lipinski definition) is 4. The fourth-order valence-corrected chi connectivity index (χ4v) is 7.26. The zero-order valence-corrected chi connectivity index (χ0v) is 16.1. The first-order valence-corrected chi connectivity index (χ1v) is 10.4. The highest BCUT2D eigenvalue weighted by Crippen LogP contribution is 2.47. The molecule has 1 aliphatic heterocycles. The normalized spacial score (nSPS) is 29.0. The predicted octanol–water partition coefficient (Wildman–Crippen LogP) is 3.11. The third kappa shape index (κ3) is 3.00. The molecule has 2 atom stereocenters. The van der Waals surface area contributed by atoms with Crippen LogP contribution in [0.4, 0.5) is 9.18 Å². The lowest BCUT2D eigenvalue weighted by molar-refractivity contribution is 0.199. The molecular weight excluding hydrogens is 369 g/mol.